The molecule has 7 nitrogen and oxygen atoms in total. The molecule has 1 atom stereocenters. The first-order chi connectivity index (χ1) is 14.8. The van der Waals surface area contributed by atoms with E-state index in [1.54, 1.807) is 25.2 Å². The van der Waals surface area contributed by atoms with E-state index in [-0.39, 0.29) is 30.1 Å². The van der Waals surface area contributed by atoms with Crippen molar-refractivity contribution in [2.75, 3.05) is 18.6 Å². The van der Waals surface area contributed by atoms with Crippen molar-refractivity contribution in [3.63, 3.8) is 0 Å². The average molecular weight is 493 g/mol. The van der Waals surface area contributed by atoms with Gasteiger partial charge in [-0.3, -0.25) is 4.79 Å². The number of benzene rings is 2. The second-order valence-corrected chi connectivity index (χ2v) is 7.68. The minimum atomic E-state index is -0.942. The van der Waals surface area contributed by atoms with E-state index in [4.69, 9.17) is 10.1 Å². The minimum absolute atomic E-state index is 0.0196. The fourth-order valence-corrected chi connectivity index (χ4v) is 3.31. The van der Waals surface area contributed by atoms with Crippen LogP contribution in [0.3, 0.4) is 0 Å². The zero-order chi connectivity index (χ0) is 22.5. The number of allylic oxidation sites excluding steroid dienone is 1. The molecule has 0 spiro atoms. The molecule has 3 N–H and O–H groups in total. The summed E-state index contributed by atoms with van der Waals surface area (Å²) in [6.07, 6.45) is 2.16. The number of urea groups is 1. The normalized spacial score (nSPS) is 16.1. The van der Waals surface area contributed by atoms with E-state index in [2.05, 4.69) is 26.6 Å². The molecule has 0 fully saturated rings. The molecule has 10 heteroatoms. The maximum absolute atomic E-state index is 13.8. The summed E-state index contributed by atoms with van der Waals surface area (Å²) in [5, 5.41) is 12.4. The average Bonchev–Trinajstić information content (AvgIpc) is 2.85. The molecular weight excluding hydrogens is 474 g/mol. The van der Waals surface area contributed by atoms with Gasteiger partial charge in [-0.25, -0.2) is 13.6 Å². The number of nitrogens with one attached hydrogen (secondary N) is 3. The van der Waals surface area contributed by atoms with Gasteiger partial charge >= 0.3 is 6.03 Å². The Morgan fingerprint density at radius 3 is 2.81 bits per heavy atom. The molecule has 1 heterocycles. The van der Waals surface area contributed by atoms with E-state index in [0.717, 1.165) is 22.8 Å². The predicted octanol–water partition coefficient (Wildman–Crippen LogP) is 3.53. The highest BCUT2D eigenvalue weighted by Crippen LogP contribution is 2.33. The lowest BCUT2D eigenvalue weighted by atomic mass is 10.1. The monoisotopic (exact) mass is 492 g/mol. The van der Waals surface area contributed by atoms with Crippen molar-refractivity contribution in [3.05, 3.63) is 69.8 Å². The van der Waals surface area contributed by atoms with Crippen LogP contribution < -0.4 is 20.3 Å². The predicted molar refractivity (Wildman–Crippen MR) is 115 cm³/mol. The second kappa shape index (κ2) is 9.69. The molecule has 1 aliphatic heterocycles. The SMILES string of the molecule is CN1C(=O)C(NC(=O)N/C=C(\C=N)Cc2ccc(F)cc2F)COc2ccc(Br)cc21. The lowest BCUT2D eigenvalue weighted by Gasteiger charge is -2.20. The Balaban J connectivity index is 1.64. The Morgan fingerprint density at radius 2 is 2.10 bits per heavy atom. The van der Waals surface area contributed by atoms with Gasteiger partial charge in [0.1, 0.15) is 30.0 Å². The van der Waals surface area contributed by atoms with Gasteiger partial charge in [0.2, 0.25) is 0 Å². The molecule has 1 aliphatic rings. The lowest BCUT2D eigenvalue weighted by molar-refractivity contribution is -0.120. The van der Waals surface area contributed by atoms with Crippen molar-refractivity contribution in [1.82, 2.24) is 10.6 Å². The molecule has 2 aromatic rings. The summed E-state index contributed by atoms with van der Waals surface area (Å²) in [6.45, 7) is -0.0623. The van der Waals surface area contributed by atoms with Crippen LogP contribution in [0.4, 0.5) is 19.3 Å². The molecule has 1 unspecified atom stereocenters. The maximum atomic E-state index is 13.8. The van der Waals surface area contributed by atoms with E-state index in [1.807, 2.05) is 0 Å². The Morgan fingerprint density at radius 1 is 1.32 bits per heavy atom. The summed E-state index contributed by atoms with van der Waals surface area (Å²) in [6, 6.07) is 6.75. The first-order valence-electron chi connectivity index (χ1n) is 9.19. The number of nitrogens with zero attached hydrogens (tertiary/aromatic N) is 1. The van der Waals surface area contributed by atoms with Crippen LogP contribution in [0.15, 0.2) is 52.6 Å². The molecule has 0 radical (unpaired) electrons. The Labute approximate surface area is 185 Å². The summed E-state index contributed by atoms with van der Waals surface area (Å²) >= 11 is 3.35. The second-order valence-electron chi connectivity index (χ2n) is 6.77. The van der Waals surface area contributed by atoms with Crippen molar-refractivity contribution in [2.24, 2.45) is 0 Å². The number of amides is 3. The molecule has 0 aromatic heterocycles. The standard InChI is InChI=1S/C21H19BrF2N4O3/c1-28-18-7-14(22)3-5-19(18)31-11-17(20(28)29)27-21(30)26-10-12(9-25)6-13-2-4-15(23)8-16(13)24/h2-5,7-10,17,25H,6,11H2,1H3,(H2,26,27,30)/b12-10-,25-9?. The topological polar surface area (TPSA) is 94.5 Å². The molecule has 3 amide bonds. The van der Waals surface area contributed by atoms with Crippen LogP contribution >= 0.6 is 15.9 Å². The lowest BCUT2D eigenvalue weighted by Crippen LogP contribution is -2.51. The van der Waals surface area contributed by atoms with Gasteiger partial charge in [0.25, 0.3) is 5.91 Å². The van der Waals surface area contributed by atoms with E-state index in [1.165, 1.54) is 17.2 Å². The van der Waals surface area contributed by atoms with Crippen LogP contribution in [0.2, 0.25) is 0 Å². The third kappa shape index (κ3) is 5.46. The van der Waals surface area contributed by atoms with Gasteiger partial charge in [-0.1, -0.05) is 22.0 Å². The van der Waals surface area contributed by atoms with Crippen LogP contribution in [0, 0.1) is 17.0 Å². The zero-order valence-corrected chi connectivity index (χ0v) is 18.0. The van der Waals surface area contributed by atoms with Crippen LogP contribution in [0.5, 0.6) is 5.75 Å². The number of halogens is 3. The quantitative estimate of drug-likeness (QED) is 0.557. The minimum Gasteiger partial charge on any atom is -0.489 e. The number of hydrogen-bond acceptors (Lipinski definition) is 4. The third-order valence-corrected chi connectivity index (χ3v) is 5.10. The number of hydrogen-bond donors (Lipinski definition) is 3. The Kier molecular flexibility index (Phi) is 7.01. The highest BCUT2D eigenvalue weighted by Gasteiger charge is 2.30. The number of likely N-dealkylation sites (N-methyl/N-ethyl adjacent to an activating group) is 1. The molecule has 162 valence electrons. The summed E-state index contributed by atoms with van der Waals surface area (Å²) in [5.41, 5.74) is 1.02. The smallest absolute Gasteiger partial charge is 0.319 e. The number of fused-ring (bicyclic) bond motifs is 1. The van der Waals surface area contributed by atoms with Crippen molar-refractivity contribution in [1.29, 1.82) is 5.41 Å². The van der Waals surface area contributed by atoms with Gasteiger partial charge < -0.3 is 25.7 Å². The van der Waals surface area contributed by atoms with Crippen LogP contribution in [-0.2, 0) is 11.2 Å². The van der Waals surface area contributed by atoms with Crippen molar-refractivity contribution >= 4 is 39.8 Å². The van der Waals surface area contributed by atoms with Crippen molar-refractivity contribution in [3.8, 4) is 5.75 Å². The van der Waals surface area contributed by atoms with E-state index >= 15 is 0 Å². The number of carbonyl (C=O) groups excluding carboxylic acids is 2. The highest BCUT2D eigenvalue weighted by atomic mass is 79.9. The largest absolute Gasteiger partial charge is 0.489 e. The van der Waals surface area contributed by atoms with Crippen molar-refractivity contribution < 1.29 is 23.1 Å². The molecule has 2 aromatic carbocycles. The first-order valence-corrected chi connectivity index (χ1v) is 9.98. The van der Waals surface area contributed by atoms with Gasteiger partial charge in [0.15, 0.2) is 0 Å². The number of rotatable bonds is 5. The van der Waals surface area contributed by atoms with E-state index < -0.39 is 23.7 Å². The van der Waals surface area contributed by atoms with Gasteiger partial charge in [-0.2, -0.15) is 0 Å². The first kappa shape index (κ1) is 22.4. The fourth-order valence-electron chi connectivity index (χ4n) is 2.96. The Bertz CT molecular complexity index is 1060. The maximum Gasteiger partial charge on any atom is 0.319 e. The van der Waals surface area contributed by atoms with Crippen LogP contribution in [0.1, 0.15) is 5.56 Å². The van der Waals surface area contributed by atoms with E-state index in [0.29, 0.717) is 11.4 Å². The van der Waals surface area contributed by atoms with Gasteiger partial charge in [0.05, 0.1) is 5.69 Å². The van der Waals surface area contributed by atoms with Gasteiger partial charge in [-0.15, -0.1) is 0 Å². The number of carbonyl (C=O) groups is 2. The van der Waals surface area contributed by atoms with Gasteiger partial charge in [0, 0.05) is 36.4 Å². The molecule has 0 saturated carbocycles. The molecule has 31 heavy (non-hydrogen) atoms. The molecule has 0 saturated heterocycles. The molecule has 0 aliphatic carbocycles. The molecule has 3 rings (SSSR count). The number of anilines is 1. The highest BCUT2D eigenvalue weighted by molar-refractivity contribution is 9.10. The third-order valence-electron chi connectivity index (χ3n) is 4.61. The number of ether oxygens (including phenoxy) is 1. The summed E-state index contributed by atoms with van der Waals surface area (Å²) in [5.74, 6) is -1.30. The Hall–Kier alpha value is -3.27. The molecular formula is C21H19BrF2N4O3. The molecule has 0 bridgehead atoms. The summed E-state index contributed by atoms with van der Waals surface area (Å²) in [4.78, 5) is 26.4. The van der Waals surface area contributed by atoms with Crippen LogP contribution in [0.25, 0.3) is 0 Å². The fraction of sp³-hybridized carbons (Fsp3) is 0.190. The zero-order valence-electron chi connectivity index (χ0n) is 16.4. The van der Waals surface area contributed by atoms with Crippen LogP contribution in [-0.4, -0.2) is 37.8 Å². The summed E-state index contributed by atoms with van der Waals surface area (Å²) < 4.78 is 33.3. The van der Waals surface area contributed by atoms with E-state index in [9.17, 15) is 18.4 Å². The van der Waals surface area contributed by atoms with Gasteiger partial charge in [-0.05, 0) is 35.4 Å². The van der Waals surface area contributed by atoms with Crippen molar-refractivity contribution in [2.45, 2.75) is 12.5 Å². The summed E-state index contributed by atoms with van der Waals surface area (Å²) in [7, 11) is 1.58.